The third-order valence-corrected chi connectivity index (χ3v) is 5.83. The number of carbonyl (C=O) groups is 1. The molecule has 0 heterocycles. The zero-order valence-corrected chi connectivity index (χ0v) is 11.5. The Balaban J connectivity index is 2.70. The van der Waals surface area contributed by atoms with E-state index in [1.165, 1.54) is 6.26 Å². The zero-order valence-electron chi connectivity index (χ0n) is 10.7. The summed E-state index contributed by atoms with van der Waals surface area (Å²) in [4.78, 5) is 10.9. The van der Waals surface area contributed by atoms with E-state index in [-0.39, 0.29) is 17.1 Å². The van der Waals surface area contributed by atoms with Crippen LogP contribution in [0.3, 0.4) is 0 Å². The molecule has 4 atom stereocenters. The molecule has 4 unspecified atom stereocenters. The van der Waals surface area contributed by atoms with Crippen molar-refractivity contribution >= 4 is 15.8 Å². The molecule has 0 radical (unpaired) electrons. The molecular formula is C12H22O4S. The average Bonchev–Trinajstić information content (AvgIpc) is 2.26. The zero-order chi connectivity index (χ0) is 13.2. The van der Waals surface area contributed by atoms with Crippen LogP contribution in [0.4, 0.5) is 0 Å². The van der Waals surface area contributed by atoms with Gasteiger partial charge in [0.1, 0.15) is 9.84 Å². The number of hydrogen-bond donors (Lipinski definition) is 1. The Bertz CT molecular complexity index is 374. The van der Waals surface area contributed by atoms with E-state index in [2.05, 4.69) is 0 Å². The average molecular weight is 262 g/mol. The summed E-state index contributed by atoms with van der Waals surface area (Å²) in [5.41, 5.74) is 0. The maximum Gasteiger partial charge on any atom is 0.306 e. The molecule has 1 aliphatic rings. The van der Waals surface area contributed by atoms with Gasteiger partial charge < -0.3 is 5.11 Å². The SMILES string of the molecule is CC(C(=O)O)C(C)C1CCCC(S(C)(=O)=O)C1. The summed E-state index contributed by atoms with van der Waals surface area (Å²) in [6.07, 6.45) is 4.47. The number of rotatable bonds is 4. The molecule has 1 fully saturated rings. The fourth-order valence-electron chi connectivity index (χ4n) is 2.68. The molecule has 0 aliphatic heterocycles. The molecule has 100 valence electrons. The second kappa shape index (κ2) is 5.38. The number of carboxylic acids is 1. The van der Waals surface area contributed by atoms with Crippen molar-refractivity contribution in [2.24, 2.45) is 17.8 Å². The van der Waals surface area contributed by atoms with E-state index in [1.807, 2.05) is 6.92 Å². The van der Waals surface area contributed by atoms with Gasteiger partial charge in [0.05, 0.1) is 11.2 Å². The fourth-order valence-corrected chi connectivity index (χ4v) is 3.87. The van der Waals surface area contributed by atoms with Crippen molar-refractivity contribution in [3.8, 4) is 0 Å². The fraction of sp³-hybridized carbons (Fsp3) is 0.917. The maximum absolute atomic E-state index is 11.5. The molecule has 0 saturated heterocycles. The Labute approximate surface area is 103 Å². The first-order valence-electron chi connectivity index (χ1n) is 6.15. The lowest BCUT2D eigenvalue weighted by molar-refractivity contribution is -0.143. The normalized spacial score (nSPS) is 29.6. The van der Waals surface area contributed by atoms with Gasteiger partial charge in [0, 0.05) is 6.26 Å². The molecule has 5 heteroatoms. The minimum Gasteiger partial charge on any atom is -0.481 e. The van der Waals surface area contributed by atoms with Crippen LogP contribution in [0.2, 0.25) is 0 Å². The summed E-state index contributed by atoms with van der Waals surface area (Å²) in [5.74, 6) is -0.941. The first kappa shape index (κ1) is 14.5. The highest BCUT2D eigenvalue weighted by Gasteiger charge is 2.34. The summed E-state index contributed by atoms with van der Waals surface area (Å²) in [7, 11) is -2.99. The van der Waals surface area contributed by atoms with Gasteiger partial charge in [-0.3, -0.25) is 4.79 Å². The molecule has 0 bridgehead atoms. The van der Waals surface area contributed by atoms with Crippen LogP contribution in [0.5, 0.6) is 0 Å². The summed E-state index contributed by atoms with van der Waals surface area (Å²) in [5, 5.41) is 8.72. The van der Waals surface area contributed by atoms with E-state index in [9.17, 15) is 13.2 Å². The van der Waals surface area contributed by atoms with Gasteiger partial charge in [-0.05, 0) is 24.7 Å². The van der Waals surface area contributed by atoms with Crippen LogP contribution in [0.15, 0.2) is 0 Å². The molecule has 17 heavy (non-hydrogen) atoms. The number of aliphatic carboxylic acids is 1. The Hall–Kier alpha value is -0.580. The molecule has 0 amide bonds. The van der Waals surface area contributed by atoms with E-state index in [1.54, 1.807) is 6.92 Å². The van der Waals surface area contributed by atoms with Crippen molar-refractivity contribution in [1.29, 1.82) is 0 Å². The van der Waals surface area contributed by atoms with Crippen LogP contribution in [0.25, 0.3) is 0 Å². The maximum atomic E-state index is 11.5. The van der Waals surface area contributed by atoms with Gasteiger partial charge in [-0.1, -0.05) is 26.7 Å². The Morgan fingerprint density at radius 3 is 2.35 bits per heavy atom. The van der Waals surface area contributed by atoms with E-state index < -0.39 is 21.7 Å². The molecule has 0 aromatic heterocycles. The van der Waals surface area contributed by atoms with Crippen LogP contribution in [0.1, 0.15) is 39.5 Å². The van der Waals surface area contributed by atoms with Gasteiger partial charge >= 0.3 is 5.97 Å². The molecule has 1 rings (SSSR count). The lowest BCUT2D eigenvalue weighted by atomic mass is 9.75. The summed E-state index contributed by atoms with van der Waals surface area (Å²) < 4.78 is 23.1. The summed E-state index contributed by atoms with van der Waals surface area (Å²) in [6, 6.07) is 0. The van der Waals surface area contributed by atoms with Crippen molar-refractivity contribution < 1.29 is 18.3 Å². The highest BCUT2D eigenvalue weighted by atomic mass is 32.2. The molecule has 0 aromatic carbocycles. The Morgan fingerprint density at radius 2 is 1.88 bits per heavy atom. The van der Waals surface area contributed by atoms with Gasteiger partial charge in [0.2, 0.25) is 0 Å². The van der Waals surface area contributed by atoms with Crippen molar-refractivity contribution in [2.45, 2.75) is 44.8 Å². The van der Waals surface area contributed by atoms with Gasteiger partial charge in [0.15, 0.2) is 0 Å². The van der Waals surface area contributed by atoms with E-state index in [0.717, 1.165) is 19.3 Å². The summed E-state index contributed by atoms with van der Waals surface area (Å²) >= 11 is 0. The Kier molecular flexibility index (Phi) is 4.58. The smallest absolute Gasteiger partial charge is 0.306 e. The van der Waals surface area contributed by atoms with E-state index >= 15 is 0 Å². The third-order valence-electron chi connectivity index (χ3n) is 4.19. The minimum absolute atomic E-state index is 0.0389. The molecule has 1 N–H and O–H groups in total. The molecule has 1 aliphatic carbocycles. The molecule has 0 aromatic rings. The van der Waals surface area contributed by atoms with Gasteiger partial charge in [-0.2, -0.15) is 0 Å². The number of sulfone groups is 1. The van der Waals surface area contributed by atoms with Crippen molar-refractivity contribution in [1.82, 2.24) is 0 Å². The number of hydrogen-bond acceptors (Lipinski definition) is 3. The second-order valence-corrected chi connectivity index (χ2v) is 7.69. The highest BCUT2D eigenvalue weighted by Crippen LogP contribution is 2.36. The Morgan fingerprint density at radius 1 is 1.29 bits per heavy atom. The summed E-state index contributed by atoms with van der Waals surface area (Å²) in [6.45, 7) is 3.63. The molecule has 0 spiro atoms. The predicted molar refractivity (Wildman–Crippen MR) is 66.6 cm³/mol. The van der Waals surface area contributed by atoms with Crippen LogP contribution in [0, 0.1) is 17.8 Å². The van der Waals surface area contributed by atoms with Crippen LogP contribution in [-0.4, -0.2) is 31.0 Å². The van der Waals surface area contributed by atoms with Crippen molar-refractivity contribution in [2.75, 3.05) is 6.26 Å². The number of carboxylic acid groups (broad SMARTS) is 1. The van der Waals surface area contributed by atoms with Crippen molar-refractivity contribution in [3.05, 3.63) is 0 Å². The van der Waals surface area contributed by atoms with Crippen molar-refractivity contribution in [3.63, 3.8) is 0 Å². The molecule has 4 nitrogen and oxygen atoms in total. The highest BCUT2D eigenvalue weighted by molar-refractivity contribution is 7.91. The largest absolute Gasteiger partial charge is 0.481 e. The lowest BCUT2D eigenvalue weighted by Gasteiger charge is -2.33. The second-order valence-electron chi connectivity index (χ2n) is 5.36. The standard InChI is InChI=1S/C12H22O4S/c1-8(9(2)12(13)14)10-5-4-6-11(7-10)17(3,15)16/h8-11H,4-7H2,1-3H3,(H,13,14). The van der Waals surface area contributed by atoms with Crippen LogP contribution >= 0.6 is 0 Å². The van der Waals surface area contributed by atoms with Gasteiger partial charge in [-0.25, -0.2) is 8.42 Å². The first-order valence-corrected chi connectivity index (χ1v) is 8.10. The quantitative estimate of drug-likeness (QED) is 0.840. The van der Waals surface area contributed by atoms with Crippen LogP contribution in [-0.2, 0) is 14.6 Å². The molecule has 1 saturated carbocycles. The third kappa shape index (κ3) is 3.69. The van der Waals surface area contributed by atoms with Gasteiger partial charge in [0.25, 0.3) is 0 Å². The molecular weight excluding hydrogens is 240 g/mol. The van der Waals surface area contributed by atoms with Gasteiger partial charge in [-0.15, -0.1) is 0 Å². The topological polar surface area (TPSA) is 71.4 Å². The van der Waals surface area contributed by atoms with E-state index in [4.69, 9.17) is 5.11 Å². The first-order chi connectivity index (χ1) is 7.73. The predicted octanol–water partition coefficient (Wildman–Crippen LogP) is 1.95. The lowest BCUT2D eigenvalue weighted by Crippen LogP contribution is -2.33. The minimum atomic E-state index is -2.99. The monoisotopic (exact) mass is 262 g/mol. The van der Waals surface area contributed by atoms with E-state index in [0.29, 0.717) is 6.42 Å². The van der Waals surface area contributed by atoms with Crippen LogP contribution < -0.4 is 0 Å².